The summed E-state index contributed by atoms with van der Waals surface area (Å²) in [5.41, 5.74) is -0.260. The Labute approximate surface area is 163 Å². The van der Waals surface area contributed by atoms with Gasteiger partial charge in [-0.1, -0.05) is 29.3 Å². The van der Waals surface area contributed by atoms with Gasteiger partial charge < -0.3 is 9.64 Å². The van der Waals surface area contributed by atoms with Gasteiger partial charge in [0.15, 0.2) is 6.61 Å². The molecular weight excluding hydrogens is 402 g/mol. The van der Waals surface area contributed by atoms with Crippen molar-refractivity contribution in [1.29, 1.82) is 0 Å². The minimum absolute atomic E-state index is 0.111. The van der Waals surface area contributed by atoms with Gasteiger partial charge in [0.1, 0.15) is 5.82 Å². The second-order valence-corrected chi connectivity index (χ2v) is 6.26. The number of amides is 1. The summed E-state index contributed by atoms with van der Waals surface area (Å²) >= 11 is 11.7. The number of halogens is 3. The number of hydrogen-bond acceptors (Lipinski definition) is 5. The average Bonchev–Trinajstić information content (AvgIpc) is 2.62. The van der Waals surface area contributed by atoms with Crippen LogP contribution >= 0.6 is 23.2 Å². The van der Waals surface area contributed by atoms with Crippen molar-refractivity contribution in [2.24, 2.45) is 0 Å². The number of likely N-dealkylation sites (N-methyl/N-ethyl adjacent to an activating group) is 1. The van der Waals surface area contributed by atoms with E-state index in [1.54, 1.807) is 0 Å². The molecular formula is C17H13Cl2FN2O5. The second-order valence-electron chi connectivity index (χ2n) is 5.45. The van der Waals surface area contributed by atoms with Crippen LogP contribution in [-0.2, 0) is 16.1 Å². The molecule has 0 saturated heterocycles. The summed E-state index contributed by atoms with van der Waals surface area (Å²) in [6, 6.07) is 7.39. The SMILES string of the molecule is CN(Cc1c(F)cccc1Cl)C(=O)COC(=O)c1ccc([N+](=O)[O-])cc1Cl. The fourth-order valence-electron chi connectivity index (χ4n) is 2.11. The lowest BCUT2D eigenvalue weighted by molar-refractivity contribution is -0.384. The van der Waals surface area contributed by atoms with Gasteiger partial charge >= 0.3 is 5.97 Å². The van der Waals surface area contributed by atoms with Gasteiger partial charge in [0.05, 0.1) is 15.5 Å². The summed E-state index contributed by atoms with van der Waals surface area (Å²) in [5, 5.41) is 10.7. The smallest absolute Gasteiger partial charge is 0.340 e. The van der Waals surface area contributed by atoms with Crippen LogP contribution in [0.4, 0.5) is 10.1 Å². The molecule has 0 atom stereocenters. The fourth-order valence-corrected chi connectivity index (χ4v) is 2.58. The topological polar surface area (TPSA) is 89.8 Å². The van der Waals surface area contributed by atoms with Crippen molar-refractivity contribution < 1.29 is 23.6 Å². The molecule has 0 aliphatic carbocycles. The van der Waals surface area contributed by atoms with Crippen LogP contribution in [0.5, 0.6) is 0 Å². The third-order valence-electron chi connectivity index (χ3n) is 3.59. The number of esters is 1. The number of carbonyl (C=O) groups is 2. The van der Waals surface area contributed by atoms with E-state index in [1.165, 1.54) is 25.2 Å². The van der Waals surface area contributed by atoms with Crippen molar-refractivity contribution in [2.45, 2.75) is 6.54 Å². The van der Waals surface area contributed by atoms with Crippen LogP contribution in [0.2, 0.25) is 10.0 Å². The van der Waals surface area contributed by atoms with Crippen LogP contribution in [0.15, 0.2) is 36.4 Å². The first-order chi connectivity index (χ1) is 12.7. The summed E-state index contributed by atoms with van der Waals surface area (Å²) in [6.45, 7) is -0.727. The van der Waals surface area contributed by atoms with Crippen molar-refractivity contribution >= 4 is 40.8 Å². The first-order valence-corrected chi connectivity index (χ1v) is 8.24. The summed E-state index contributed by atoms with van der Waals surface area (Å²) < 4.78 is 18.7. The quantitative estimate of drug-likeness (QED) is 0.406. The van der Waals surface area contributed by atoms with Crippen LogP contribution in [0.3, 0.4) is 0 Å². The molecule has 142 valence electrons. The molecule has 0 heterocycles. The van der Waals surface area contributed by atoms with Crippen molar-refractivity contribution in [3.8, 4) is 0 Å². The highest BCUT2D eigenvalue weighted by Gasteiger charge is 2.19. The highest BCUT2D eigenvalue weighted by molar-refractivity contribution is 6.33. The molecule has 0 unspecified atom stereocenters. The van der Waals surface area contributed by atoms with Crippen molar-refractivity contribution in [1.82, 2.24) is 4.90 Å². The number of nitro groups is 1. The number of nitro benzene ring substituents is 1. The molecule has 2 rings (SSSR count). The number of rotatable bonds is 6. The van der Waals surface area contributed by atoms with Gasteiger partial charge in [-0.2, -0.15) is 0 Å². The minimum Gasteiger partial charge on any atom is -0.452 e. The highest BCUT2D eigenvalue weighted by Crippen LogP contribution is 2.23. The van der Waals surface area contributed by atoms with Crippen LogP contribution in [-0.4, -0.2) is 35.4 Å². The molecule has 0 saturated carbocycles. The maximum absolute atomic E-state index is 13.8. The molecule has 0 fully saturated rings. The average molecular weight is 415 g/mol. The highest BCUT2D eigenvalue weighted by atomic mass is 35.5. The summed E-state index contributed by atoms with van der Waals surface area (Å²) in [5.74, 6) is -2.07. The second kappa shape index (κ2) is 8.79. The zero-order valence-electron chi connectivity index (χ0n) is 13.9. The maximum atomic E-state index is 13.8. The van der Waals surface area contributed by atoms with Crippen LogP contribution in [0, 0.1) is 15.9 Å². The Morgan fingerprint density at radius 2 is 1.93 bits per heavy atom. The number of hydrogen-bond donors (Lipinski definition) is 0. The van der Waals surface area contributed by atoms with Gasteiger partial charge in [-0.25, -0.2) is 9.18 Å². The van der Waals surface area contributed by atoms with E-state index in [1.807, 2.05) is 0 Å². The monoisotopic (exact) mass is 414 g/mol. The molecule has 0 spiro atoms. The van der Waals surface area contributed by atoms with Gasteiger partial charge in [-0.3, -0.25) is 14.9 Å². The standard InChI is InChI=1S/C17H13Cl2FN2O5/c1-21(8-12-13(18)3-2-4-15(12)20)16(23)9-27-17(24)11-6-5-10(22(25)26)7-14(11)19/h2-7H,8-9H2,1H3. The third-order valence-corrected chi connectivity index (χ3v) is 4.26. The largest absolute Gasteiger partial charge is 0.452 e. The first-order valence-electron chi connectivity index (χ1n) is 7.48. The van der Waals surface area contributed by atoms with Gasteiger partial charge in [0.2, 0.25) is 0 Å². The molecule has 10 heteroatoms. The van der Waals surface area contributed by atoms with Crippen molar-refractivity contribution in [3.63, 3.8) is 0 Å². The lowest BCUT2D eigenvalue weighted by Crippen LogP contribution is -2.31. The molecule has 2 aromatic carbocycles. The molecule has 27 heavy (non-hydrogen) atoms. The number of non-ortho nitro benzene ring substituents is 1. The Morgan fingerprint density at radius 3 is 2.52 bits per heavy atom. The number of carbonyl (C=O) groups excluding carboxylic acids is 2. The third kappa shape index (κ3) is 5.15. The maximum Gasteiger partial charge on any atom is 0.340 e. The fraction of sp³-hybridized carbons (Fsp3) is 0.176. The van der Waals surface area contributed by atoms with Crippen LogP contribution < -0.4 is 0 Å². The van der Waals surface area contributed by atoms with Crippen LogP contribution in [0.25, 0.3) is 0 Å². The van der Waals surface area contributed by atoms with Gasteiger partial charge in [0.25, 0.3) is 11.6 Å². The van der Waals surface area contributed by atoms with Gasteiger partial charge in [-0.05, 0) is 18.2 Å². The zero-order chi connectivity index (χ0) is 20.1. The normalized spacial score (nSPS) is 10.4. The van der Waals surface area contributed by atoms with E-state index >= 15 is 0 Å². The van der Waals surface area contributed by atoms with Crippen molar-refractivity contribution in [3.05, 3.63) is 73.5 Å². The van der Waals surface area contributed by atoms with Gasteiger partial charge in [-0.15, -0.1) is 0 Å². The Bertz CT molecular complexity index is 887. The first kappa shape index (κ1) is 20.6. The Morgan fingerprint density at radius 1 is 1.22 bits per heavy atom. The lowest BCUT2D eigenvalue weighted by Gasteiger charge is -2.18. The van der Waals surface area contributed by atoms with E-state index in [-0.39, 0.29) is 33.4 Å². The molecule has 1 amide bonds. The van der Waals surface area contributed by atoms with Crippen LogP contribution in [0.1, 0.15) is 15.9 Å². The van der Waals surface area contributed by atoms with Crippen molar-refractivity contribution in [2.75, 3.05) is 13.7 Å². The number of ether oxygens (including phenoxy) is 1. The molecule has 7 nitrogen and oxygen atoms in total. The van der Waals surface area contributed by atoms with E-state index in [0.29, 0.717) is 0 Å². The van der Waals surface area contributed by atoms with Gasteiger partial charge in [0, 0.05) is 36.3 Å². The van der Waals surface area contributed by atoms with E-state index in [4.69, 9.17) is 27.9 Å². The molecule has 2 aromatic rings. The minimum atomic E-state index is -0.916. The Kier molecular flexibility index (Phi) is 6.70. The molecule has 0 aliphatic heterocycles. The van der Waals surface area contributed by atoms with E-state index < -0.39 is 29.2 Å². The predicted octanol–water partition coefficient (Wildman–Crippen LogP) is 3.86. The van der Waals surface area contributed by atoms with E-state index in [0.717, 1.165) is 23.1 Å². The zero-order valence-corrected chi connectivity index (χ0v) is 15.5. The molecule has 0 aliphatic rings. The summed E-state index contributed by atoms with van der Waals surface area (Å²) in [6.07, 6.45) is 0. The number of benzene rings is 2. The predicted molar refractivity (Wildman–Crippen MR) is 96.3 cm³/mol. The molecule has 0 aromatic heterocycles. The Balaban J connectivity index is 1.98. The molecule has 0 radical (unpaired) electrons. The Hall–Kier alpha value is -2.71. The van der Waals surface area contributed by atoms with E-state index in [9.17, 15) is 24.1 Å². The summed E-state index contributed by atoms with van der Waals surface area (Å²) in [4.78, 5) is 35.3. The number of nitrogens with zero attached hydrogens (tertiary/aromatic N) is 2. The molecule has 0 N–H and O–H groups in total. The summed E-state index contributed by atoms with van der Waals surface area (Å²) in [7, 11) is 1.40. The lowest BCUT2D eigenvalue weighted by atomic mass is 10.2. The molecule has 0 bridgehead atoms. The van der Waals surface area contributed by atoms with E-state index in [2.05, 4.69) is 0 Å².